The summed E-state index contributed by atoms with van der Waals surface area (Å²) in [6.45, 7) is -0.893. The fourth-order valence-corrected chi connectivity index (χ4v) is 0.927. The molecule has 5 N–H and O–H groups in total. The van der Waals surface area contributed by atoms with Gasteiger partial charge in [-0.2, -0.15) is 0 Å². The molecule has 3 atom stereocenters. The Labute approximate surface area is 136 Å². The van der Waals surface area contributed by atoms with Gasteiger partial charge in [0.05, 0.1) is 6.61 Å². The molecular formula is C5H11Na2O8P. The number of aliphatic hydroxyl groups is 3. The van der Waals surface area contributed by atoms with E-state index in [1.54, 1.807) is 0 Å². The molecule has 0 aliphatic heterocycles. The zero-order chi connectivity index (χ0) is 11.4. The molecule has 0 aliphatic carbocycles. The van der Waals surface area contributed by atoms with Gasteiger partial charge in [0.15, 0.2) is 6.29 Å². The fourth-order valence-electron chi connectivity index (χ4n) is 0.580. The molecule has 0 heterocycles. The Bertz CT molecular complexity index is 232. The number of phosphoric ester groups is 1. The van der Waals surface area contributed by atoms with Crippen molar-refractivity contribution in [2.24, 2.45) is 0 Å². The van der Waals surface area contributed by atoms with E-state index < -0.39 is 32.7 Å². The molecule has 0 fully saturated rings. The summed E-state index contributed by atoms with van der Waals surface area (Å²) in [5.41, 5.74) is 0. The number of carbonyl (C=O) groups excluding carboxylic acids is 1. The van der Waals surface area contributed by atoms with Gasteiger partial charge in [-0.1, -0.05) is 0 Å². The monoisotopic (exact) mass is 276 g/mol. The largest absolute Gasteiger partial charge is 0.469 e. The average molecular weight is 276 g/mol. The second-order valence-corrected chi connectivity index (χ2v) is 3.71. The topological polar surface area (TPSA) is 145 Å². The molecule has 0 aromatic heterocycles. The van der Waals surface area contributed by atoms with Crippen molar-refractivity contribution in [1.29, 1.82) is 0 Å². The molecule has 2 radical (unpaired) electrons. The van der Waals surface area contributed by atoms with Crippen molar-refractivity contribution >= 4 is 73.2 Å². The SMILES string of the molecule is O=C[C@@H](O)[C@H](O)[C@H](O)COP(=O)(O)O.[Na].[Na]. The Morgan fingerprint density at radius 1 is 1.19 bits per heavy atom. The molecule has 0 saturated heterocycles. The zero-order valence-electron chi connectivity index (χ0n) is 8.92. The van der Waals surface area contributed by atoms with Gasteiger partial charge in [-0.25, -0.2) is 4.57 Å². The predicted octanol–water partition coefficient (Wildman–Crippen LogP) is -3.38. The molecule has 0 saturated carbocycles. The number of phosphoric acid groups is 1. The van der Waals surface area contributed by atoms with Crippen molar-refractivity contribution in [2.45, 2.75) is 18.3 Å². The third kappa shape index (κ3) is 10.8. The van der Waals surface area contributed by atoms with Crippen LogP contribution in [0.15, 0.2) is 0 Å². The van der Waals surface area contributed by atoms with Gasteiger partial charge < -0.3 is 29.9 Å². The zero-order valence-corrected chi connectivity index (χ0v) is 13.8. The van der Waals surface area contributed by atoms with Crippen LogP contribution in [-0.4, -0.2) is 115 Å². The minimum atomic E-state index is -4.74. The maximum atomic E-state index is 10.1. The van der Waals surface area contributed by atoms with E-state index in [2.05, 4.69) is 4.52 Å². The van der Waals surface area contributed by atoms with Crippen LogP contribution in [-0.2, 0) is 13.9 Å². The van der Waals surface area contributed by atoms with E-state index in [9.17, 15) is 9.36 Å². The van der Waals surface area contributed by atoms with Gasteiger partial charge in [-0.05, 0) is 0 Å². The van der Waals surface area contributed by atoms with Crippen LogP contribution >= 0.6 is 7.82 Å². The molecule has 8 nitrogen and oxygen atoms in total. The number of hydrogen-bond acceptors (Lipinski definition) is 6. The van der Waals surface area contributed by atoms with E-state index in [0.717, 1.165) is 0 Å². The normalized spacial score (nSPS) is 16.3. The first-order valence-corrected chi connectivity index (χ1v) is 5.00. The first-order chi connectivity index (χ1) is 6.28. The van der Waals surface area contributed by atoms with Gasteiger partial charge in [-0.3, -0.25) is 4.52 Å². The summed E-state index contributed by atoms with van der Waals surface area (Å²) < 4.78 is 14.0. The van der Waals surface area contributed by atoms with Gasteiger partial charge in [-0.15, -0.1) is 0 Å². The summed E-state index contributed by atoms with van der Waals surface area (Å²) in [6, 6.07) is 0. The van der Waals surface area contributed by atoms with Crippen LogP contribution in [0.5, 0.6) is 0 Å². The fraction of sp³-hybridized carbons (Fsp3) is 0.800. The summed E-state index contributed by atoms with van der Waals surface area (Å²) in [4.78, 5) is 26.4. The molecule has 0 rings (SSSR count). The molecule has 0 bridgehead atoms. The molecule has 0 spiro atoms. The van der Waals surface area contributed by atoms with E-state index in [1.165, 1.54) is 0 Å². The summed E-state index contributed by atoms with van der Waals surface area (Å²) in [6.07, 6.45) is -5.46. The quantitative estimate of drug-likeness (QED) is 0.192. The van der Waals surface area contributed by atoms with Crippen LogP contribution in [0.25, 0.3) is 0 Å². The summed E-state index contributed by atoms with van der Waals surface area (Å²) in [5, 5.41) is 26.6. The summed E-state index contributed by atoms with van der Waals surface area (Å²) >= 11 is 0. The van der Waals surface area contributed by atoms with Crippen LogP contribution in [0.2, 0.25) is 0 Å². The molecule has 86 valence electrons. The molecule has 0 unspecified atom stereocenters. The van der Waals surface area contributed by atoms with Gasteiger partial charge >= 0.3 is 7.82 Å². The maximum Gasteiger partial charge on any atom is 0.469 e. The molecule has 0 amide bonds. The second kappa shape index (κ2) is 10.6. The third-order valence-electron chi connectivity index (χ3n) is 1.30. The van der Waals surface area contributed by atoms with Crippen LogP contribution in [0.4, 0.5) is 0 Å². The van der Waals surface area contributed by atoms with Crippen LogP contribution in [0.1, 0.15) is 0 Å². The van der Waals surface area contributed by atoms with Gasteiger partial charge in [0.25, 0.3) is 0 Å². The Balaban J connectivity index is -0.000000845. The molecule has 0 aliphatic rings. The van der Waals surface area contributed by atoms with Crippen molar-refractivity contribution in [3.05, 3.63) is 0 Å². The number of carbonyl (C=O) groups is 1. The van der Waals surface area contributed by atoms with Gasteiger partial charge in [0, 0.05) is 59.1 Å². The number of aliphatic hydroxyl groups excluding tert-OH is 3. The first kappa shape index (κ1) is 22.8. The van der Waals surface area contributed by atoms with E-state index in [1.807, 2.05) is 0 Å². The first-order valence-electron chi connectivity index (χ1n) is 3.47. The third-order valence-corrected chi connectivity index (χ3v) is 1.78. The summed E-state index contributed by atoms with van der Waals surface area (Å²) in [7, 11) is -4.74. The minimum absolute atomic E-state index is 0. The molecule has 0 aromatic carbocycles. The Morgan fingerprint density at radius 2 is 1.62 bits per heavy atom. The maximum absolute atomic E-state index is 10.1. The number of rotatable bonds is 6. The standard InChI is InChI=1S/C5H11O8P.2Na/c6-1-3(7)5(9)4(8)2-13-14(10,11)12;;/h1,3-5,7-9H,2H2,(H2,10,11,12);;/t3-,4-,5+;;/m1../s1. The van der Waals surface area contributed by atoms with Crippen molar-refractivity contribution in [1.82, 2.24) is 0 Å². The van der Waals surface area contributed by atoms with Crippen molar-refractivity contribution in [3.8, 4) is 0 Å². The van der Waals surface area contributed by atoms with E-state index in [0.29, 0.717) is 0 Å². The van der Waals surface area contributed by atoms with Crippen molar-refractivity contribution in [3.63, 3.8) is 0 Å². The molecule has 16 heavy (non-hydrogen) atoms. The molecule has 11 heteroatoms. The van der Waals surface area contributed by atoms with Crippen molar-refractivity contribution in [2.75, 3.05) is 6.61 Å². The Kier molecular flexibility index (Phi) is 15.1. The van der Waals surface area contributed by atoms with E-state index in [4.69, 9.17) is 25.1 Å². The predicted molar refractivity (Wildman–Crippen MR) is 53.6 cm³/mol. The van der Waals surface area contributed by atoms with E-state index >= 15 is 0 Å². The van der Waals surface area contributed by atoms with Crippen molar-refractivity contribution < 1.29 is 39.0 Å². The van der Waals surface area contributed by atoms with Gasteiger partial charge in [0.2, 0.25) is 0 Å². The molecule has 0 aromatic rings. The number of hydrogen-bond donors (Lipinski definition) is 5. The van der Waals surface area contributed by atoms with Crippen LogP contribution < -0.4 is 0 Å². The second-order valence-electron chi connectivity index (χ2n) is 2.47. The molecular weight excluding hydrogens is 265 g/mol. The van der Waals surface area contributed by atoms with Gasteiger partial charge in [0.1, 0.15) is 18.3 Å². The Hall–Kier alpha value is 1.66. The van der Waals surface area contributed by atoms with Crippen LogP contribution in [0.3, 0.4) is 0 Å². The number of aldehydes is 1. The summed E-state index contributed by atoms with van der Waals surface area (Å²) in [5.74, 6) is 0. The van der Waals surface area contributed by atoms with Crippen LogP contribution in [0, 0.1) is 0 Å². The smallest absolute Gasteiger partial charge is 0.388 e. The van der Waals surface area contributed by atoms with E-state index in [-0.39, 0.29) is 65.4 Å². The minimum Gasteiger partial charge on any atom is -0.388 e. The average Bonchev–Trinajstić information content (AvgIpc) is 2.10. The Morgan fingerprint density at radius 3 is 1.94 bits per heavy atom.